The van der Waals surface area contributed by atoms with E-state index in [2.05, 4.69) is 0 Å². The molecule has 0 radical (unpaired) electrons. The fourth-order valence-electron chi connectivity index (χ4n) is 1.28. The maximum absolute atomic E-state index is 11.4. The van der Waals surface area contributed by atoms with Gasteiger partial charge in [0.25, 0.3) is 0 Å². The van der Waals surface area contributed by atoms with Crippen LogP contribution in [-0.2, 0) is 14.3 Å². The van der Waals surface area contributed by atoms with E-state index in [1.165, 1.54) is 0 Å². The first kappa shape index (κ1) is 11.5. The molecule has 0 aromatic carbocycles. The number of carbonyl (C=O) groups excluding carboxylic acids is 1. The van der Waals surface area contributed by atoms with Crippen LogP contribution in [0.3, 0.4) is 0 Å². The van der Waals surface area contributed by atoms with Crippen molar-refractivity contribution in [3.63, 3.8) is 0 Å². The van der Waals surface area contributed by atoms with Crippen molar-refractivity contribution in [2.75, 3.05) is 19.8 Å². The van der Waals surface area contributed by atoms with Crippen molar-refractivity contribution in [2.24, 2.45) is 17.6 Å². The summed E-state index contributed by atoms with van der Waals surface area (Å²) in [5.41, 5.74) is 5.64. The van der Waals surface area contributed by atoms with E-state index in [0.29, 0.717) is 19.1 Å². The topological polar surface area (TPSA) is 61.6 Å². The first-order valence-corrected chi connectivity index (χ1v) is 5.11. The Bertz CT molecular complexity index is 188. The molecule has 1 aliphatic rings. The molecule has 2 atom stereocenters. The molecule has 1 rings (SSSR count). The van der Waals surface area contributed by atoms with E-state index in [1.54, 1.807) is 0 Å². The van der Waals surface area contributed by atoms with Crippen LogP contribution in [0, 0.1) is 11.8 Å². The average molecular weight is 201 g/mol. The highest BCUT2D eigenvalue weighted by atomic mass is 16.5. The Kier molecular flexibility index (Phi) is 4.35. The van der Waals surface area contributed by atoms with E-state index in [0.717, 1.165) is 13.0 Å². The molecule has 1 saturated heterocycles. The van der Waals surface area contributed by atoms with Crippen molar-refractivity contribution in [1.82, 2.24) is 0 Å². The number of hydrogen-bond acceptors (Lipinski definition) is 4. The van der Waals surface area contributed by atoms with Crippen LogP contribution < -0.4 is 5.73 Å². The van der Waals surface area contributed by atoms with Crippen LogP contribution in [0.5, 0.6) is 0 Å². The van der Waals surface area contributed by atoms with Crippen molar-refractivity contribution in [3.05, 3.63) is 0 Å². The zero-order valence-corrected chi connectivity index (χ0v) is 8.86. The molecule has 2 N–H and O–H groups in total. The molecule has 0 aromatic rings. The predicted molar refractivity (Wildman–Crippen MR) is 52.7 cm³/mol. The first-order chi connectivity index (χ1) is 6.61. The Labute approximate surface area is 84.7 Å². The van der Waals surface area contributed by atoms with E-state index in [-0.39, 0.29) is 11.9 Å². The van der Waals surface area contributed by atoms with Gasteiger partial charge in [-0.3, -0.25) is 4.79 Å². The van der Waals surface area contributed by atoms with E-state index in [4.69, 9.17) is 15.2 Å². The summed E-state index contributed by atoms with van der Waals surface area (Å²) in [6.07, 6.45) is 0.976. The molecule has 14 heavy (non-hydrogen) atoms. The van der Waals surface area contributed by atoms with Gasteiger partial charge in [-0.1, -0.05) is 13.8 Å². The zero-order valence-electron chi connectivity index (χ0n) is 8.86. The summed E-state index contributed by atoms with van der Waals surface area (Å²) in [6.45, 7) is 5.73. The van der Waals surface area contributed by atoms with Gasteiger partial charge in [0.15, 0.2) is 0 Å². The Hall–Kier alpha value is -0.610. The molecule has 1 fully saturated rings. The smallest absolute Gasteiger partial charge is 0.323 e. The summed E-state index contributed by atoms with van der Waals surface area (Å²) in [5, 5.41) is 0. The maximum Gasteiger partial charge on any atom is 0.323 e. The summed E-state index contributed by atoms with van der Waals surface area (Å²) in [7, 11) is 0. The molecule has 1 unspecified atom stereocenters. The molecule has 0 bridgehead atoms. The van der Waals surface area contributed by atoms with Gasteiger partial charge in [0.05, 0.1) is 13.2 Å². The third-order valence-electron chi connectivity index (χ3n) is 2.48. The van der Waals surface area contributed by atoms with Crippen LogP contribution in [0.15, 0.2) is 0 Å². The van der Waals surface area contributed by atoms with Crippen molar-refractivity contribution in [3.8, 4) is 0 Å². The summed E-state index contributed by atoms with van der Waals surface area (Å²) in [5.74, 6) is 0.188. The van der Waals surface area contributed by atoms with Gasteiger partial charge in [-0.15, -0.1) is 0 Å². The van der Waals surface area contributed by atoms with E-state index < -0.39 is 6.04 Å². The molecule has 0 aromatic heterocycles. The van der Waals surface area contributed by atoms with Crippen molar-refractivity contribution in [2.45, 2.75) is 26.3 Å². The normalized spacial score (nSPS) is 23.9. The average Bonchev–Trinajstić information content (AvgIpc) is 2.65. The molecule has 4 nitrogen and oxygen atoms in total. The van der Waals surface area contributed by atoms with Gasteiger partial charge in [0, 0.05) is 12.5 Å². The number of nitrogens with two attached hydrogens (primary N) is 1. The van der Waals surface area contributed by atoms with Crippen LogP contribution in [0.2, 0.25) is 0 Å². The molecule has 82 valence electrons. The number of esters is 1. The Balaban J connectivity index is 2.19. The van der Waals surface area contributed by atoms with Gasteiger partial charge in [0.2, 0.25) is 0 Å². The van der Waals surface area contributed by atoms with E-state index >= 15 is 0 Å². The van der Waals surface area contributed by atoms with E-state index in [9.17, 15) is 4.79 Å². The molecule has 0 saturated carbocycles. The molecule has 4 heteroatoms. The highest BCUT2D eigenvalue weighted by Crippen LogP contribution is 2.13. The van der Waals surface area contributed by atoms with Gasteiger partial charge < -0.3 is 15.2 Å². The lowest BCUT2D eigenvalue weighted by molar-refractivity contribution is -0.147. The molecule has 0 aliphatic carbocycles. The van der Waals surface area contributed by atoms with Crippen LogP contribution in [0.25, 0.3) is 0 Å². The third kappa shape index (κ3) is 3.27. The Morgan fingerprint density at radius 3 is 2.86 bits per heavy atom. The summed E-state index contributed by atoms with van der Waals surface area (Å²) in [6, 6.07) is -0.502. The SMILES string of the molecule is CC(C)[C@H](N)C(=O)OCC1CCOC1. The minimum absolute atomic E-state index is 0.127. The van der Waals surface area contributed by atoms with Crippen LogP contribution in [-0.4, -0.2) is 31.8 Å². The predicted octanol–water partition coefficient (Wildman–Crippen LogP) is 0.549. The third-order valence-corrected chi connectivity index (χ3v) is 2.48. The quantitative estimate of drug-likeness (QED) is 0.675. The maximum atomic E-state index is 11.4. The molecule has 0 spiro atoms. The monoisotopic (exact) mass is 201 g/mol. The number of carbonyl (C=O) groups is 1. The van der Waals surface area contributed by atoms with Gasteiger partial charge in [-0.05, 0) is 12.3 Å². The Morgan fingerprint density at radius 2 is 2.36 bits per heavy atom. The van der Waals surface area contributed by atoms with Crippen molar-refractivity contribution < 1.29 is 14.3 Å². The second-order valence-electron chi connectivity index (χ2n) is 4.13. The van der Waals surface area contributed by atoms with Crippen molar-refractivity contribution >= 4 is 5.97 Å². The Morgan fingerprint density at radius 1 is 1.64 bits per heavy atom. The minimum Gasteiger partial charge on any atom is -0.464 e. The molecule has 1 heterocycles. The van der Waals surface area contributed by atoms with Gasteiger partial charge in [0.1, 0.15) is 6.04 Å². The second-order valence-corrected chi connectivity index (χ2v) is 4.13. The number of hydrogen-bond donors (Lipinski definition) is 1. The summed E-state index contributed by atoms with van der Waals surface area (Å²) in [4.78, 5) is 11.4. The molecular weight excluding hydrogens is 182 g/mol. The highest BCUT2D eigenvalue weighted by molar-refractivity contribution is 5.75. The second kappa shape index (κ2) is 5.32. The first-order valence-electron chi connectivity index (χ1n) is 5.11. The molecular formula is C10H19NO3. The lowest BCUT2D eigenvalue weighted by atomic mass is 10.1. The number of ether oxygens (including phenoxy) is 2. The standard InChI is InChI=1S/C10H19NO3/c1-7(2)9(11)10(12)14-6-8-3-4-13-5-8/h7-9H,3-6,11H2,1-2H3/t8?,9-/m0/s1. The zero-order chi connectivity index (χ0) is 10.6. The van der Waals surface area contributed by atoms with Crippen LogP contribution in [0.4, 0.5) is 0 Å². The van der Waals surface area contributed by atoms with Crippen LogP contribution >= 0.6 is 0 Å². The number of rotatable bonds is 4. The van der Waals surface area contributed by atoms with Gasteiger partial charge in [-0.2, -0.15) is 0 Å². The highest BCUT2D eigenvalue weighted by Gasteiger charge is 2.22. The summed E-state index contributed by atoms with van der Waals surface area (Å²) >= 11 is 0. The molecule has 0 amide bonds. The van der Waals surface area contributed by atoms with E-state index in [1.807, 2.05) is 13.8 Å². The fraction of sp³-hybridized carbons (Fsp3) is 0.900. The van der Waals surface area contributed by atoms with Gasteiger partial charge in [-0.25, -0.2) is 0 Å². The van der Waals surface area contributed by atoms with Crippen molar-refractivity contribution in [1.29, 1.82) is 0 Å². The van der Waals surface area contributed by atoms with Crippen LogP contribution in [0.1, 0.15) is 20.3 Å². The minimum atomic E-state index is -0.502. The molecule has 1 aliphatic heterocycles. The van der Waals surface area contributed by atoms with Gasteiger partial charge >= 0.3 is 5.97 Å². The lowest BCUT2D eigenvalue weighted by Crippen LogP contribution is -2.37. The largest absolute Gasteiger partial charge is 0.464 e. The summed E-state index contributed by atoms with van der Waals surface area (Å²) < 4.78 is 10.3. The fourth-order valence-corrected chi connectivity index (χ4v) is 1.28. The lowest BCUT2D eigenvalue weighted by Gasteiger charge is -2.15.